The number of nitrogens with zero attached hydrogens (tertiary/aromatic N) is 3. The number of amides is 1. The number of carbonyl (C=O) groups excluding carboxylic acids is 1. The van der Waals surface area contributed by atoms with E-state index in [1.807, 2.05) is 11.0 Å². The third kappa shape index (κ3) is 3.71. The number of piperidine rings is 1. The van der Waals surface area contributed by atoms with E-state index in [0.717, 1.165) is 19.4 Å². The minimum Gasteiger partial charge on any atom is -0.437 e. The molecule has 1 amide bonds. The number of hydrogen-bond donors (Lipinski definition) is 1. The number of ether oxygens (including phenoxy) is 1. The van der Waals surface area contributed by atoms with Gasteiger partial charge in [0.2, 0.25) is 5.88 Å². The standard InChI is InChI=1S/C18H22N4O2/c1-13-5-8-22(15(9-13)11-19)18(23)14-3-2-4-16(10-14)24-17-12-20-6-7-21-17/h2-4,6-7,10,12-13,15H,5,8-9,11,19H2,1H3. The molecular formula is C18H22N4O2. The Morgan fingerprint density at radius 3 is 3.04 bits per heavy atom. The lowest BCUT2D eigenvalue weighted by molar-refractivity contribution is 0.0573. The van der Waals surface area contributed by atoms with Crippen molar-refractivity contribution in [1.29, 1.82) is 0 Å². The summed E-state index contributed by atoms with van der Waals surface area (Å²) in [6.07, 6.45) is 6.64. The van der Waals surface area contributed by atoms with Crippen molar-refractivity contribution in [3.63, 3.8) is 0 Å². The van der Waals surface area contributed by atoms with Crippen LogP contribution in [0.4, 0.5) is 0 Å². The van der Waals surface area contributed by atoms with Gasteiger partial charge in [-0.15, -0.1) is 0 Å². The molecule has 0 aliphatic carbocycles. The molecule has 24 heavy (non-hydrogen) atoms. The Labute approximate surface area is 141 Å². The van der Waals surface area contributed by atoms with Crippen LogP contribution in [-0.2, 0) is 0 Å². The van der Waals surface area contributed by atoms with Crippen LogP contribution in [-0.4, -0.2) is 39.9 Å². The summed E-state index contributed by atoms with van der Waals surface area (Å²) in [4.78, 5) is 22.8. The van der Waals surface area contributed by atoms with Gasteiger partial charge in [-0.2, -0.15) is 0 Å². The fourth-order valence-corrected chi connectivity index (χ4v) is 3.06. The maximum Gasteiger partial charge on any atom is 0.254 e. The molecule has 6 nitrogen and oxygen atoms in total. The molecule has 1 saturated heterocycles. The quantitative estimate of drug-likeness (QED) is 0.933. The van der Waals surface area contributed by atoms with E-state index in [0.29, 0.717) is 29.7 Å². The molecule has 1 aliphatic heterocycles. The highest BCUT2D eigenvalue weighted by molar-refractivity contribution is 5.95. The van der Waals surface area contributed by atoms with E-state index < -0.39 is 0 Å². The molecule has 0 saturated carbocycles. The van der Waals surface area contributed by atoms with Crippen molar-refractivity contribution in [3.8, 4) is 11.6 Å². The molecule has 2 heterocycles. The lowest BCUT2D eigenvalue weighted by atomic mass is 9.92. The Balaban J connectivity index is 1.76. The van der Waals surface area contributed by atoms with E-state index in [1.165, 1.54) is 6.20 Å². The van der Waals surface area contributed by atoms with Gasteiger partial charge in [0.15, 0.2) is 0 Å². The topological polar surface area (TPSA) is 81.3 Å². The monoisotopic (exact) mass is 326 g/mol. The van der Waals surface area contributed by atoms with Gasteiger partial charge in [-0.1, -0.05) is 13.0 Å². The number of aromatic nitrogens is 2. The van der Waals surface area contributed by atoms with Crippen LogP contribution < -0.4 is 10.5 Å². The molecule has 2 unspecified atom stereocenters. The molecule has 6 heteroatoms. The third-order valence-electron chi connectivity index (χ3n) is 4.35. The van der Waals surface area contributed by atoms with Gasteiger partial charge in [0.25, 0.3) is 5.91 Å². The molecular weight excluding hydrogens is 304 g/mol. The summed E-state index contributed by atoms with van der Waals surface area (Å²) in [7, 11) is 0. The van der Waals surface area contributed by atoms with Crippen molar-refractivity contribution >= 4 is 5.91 Å². The fourth-order valence-electron chi connectivity index (χ4n) is 3.06. The summed E-state index contributed by atoms with van der Waals surface area (Å²) in [5.74, 6) is 1.57. The smallest absolute Gasteiger partial charge is 0.254 e. The normalized spacial score (nSPS) is 20.7. The lowest BCUT2D eigenvalue weighted by Gasteiger charge is -2.38. The summed E-state index contributed by atoms with van der Waals surface area (Å²) in [6.45, 7) is 3.45. The second-order valence-corrected chi connectivity index (χ2v) is 6.19. The summed E-state index contributed by atoms with van der Waals surface area (Å²) >= 11 is 0. The highest BCUT2D eigenvalue weighted by Gasteiger charge is 2.29. The summed E-state index contributed by atoms with van der Waals surface area (Å²) < 4.78 is 5.66. The van der Waals surface area contributed by atoms with Crippen LogP contribution in [0.15, 0.2) is 42.9 Å². The number of rotatable bonds is 4. The lowest BCUT2D eigenvalue weighted by Crippen LogP contribution is -2.49. The molecule has 2 atom stereocenters. The largest absolute Gasteiger partial charge is 0.437 e. The molecule has 3 rings (SSSR count). The van der Waals surface area contributed by atoms with Crippen LogP contribution in [0, 0.1) is 5.92 Å². The zero-order valence-electron chi connectivity index (χ0n) is 13.8. The van der Waals surface area contributed by atoms with Gasteiger partial charge < -0.3 is 15.4 Å². The molecule has 2 aromatic rings. The van der Waals surface area contributed by atoms with E-state index in [2.05, 4.69) is 16.9 Å². The van der Waals surface area contributed by atoms with E-state index in [4.69, 9.17) is 10.5 Å². The number of nitrogens with two attached hydrogens (primary N) is 1. The van der Waals surface area contributed by atoms with E-state index in [1.54, 1.807) is 30.6 Å². The van der Waals surface area contributed by atoms with Crippen molar-refractivity contribution < 1.29 is 9.53 Å². The predicted molar refractivity (Wildman–Crippen MR) is 90.8 cm³/mol. The third-order valence-corrected chi connectivity index (χ3v) is 4.35. The van der Waals surface area contributed by atoms with Crippen molar-refractivity contribution in [2.45, 2.75) is 25.8 Å². The van der Waals surface area contributed by atoms with Gasteiger partial charge in [0, 0.05) is 37.1 Å². The van der Waals surface area contributed by atoms with Gasteiger partial charge in [-0.05, 0) is 37.0 Å². The first-order chi connectivity index (χ1) is 11.7. The molecule has 1 aliphatic rings. The molecule has 1 aromatic heterocycles. The van der Waals surface area contributed by atoms with Gasteiger partial charge in [0.05, 0.1) is 6.20 Å². The Kier molecular flexibility index (Phi) is 5.05. The van der Waals surface area contributed by atoms with Crippen LogP contribution in [0.5, 0.6) is 11.6 Å². The molecule has 126 valence electrons. The van der Waals surface area contributed by atoms with Crippen molar-refractivity contribution in [2.75, 3.05) is 13.1 Å². The predicted octanol–water partition coefficient (Wildman–Crippen LogP) is 2.47. The Morgan fingerprint density at radius 1 is 1.42 bits per heavy atom. The first kappa shape index (κ1) is 16.4. The Hall–Kier alpha value is -2.47. The van der Waals surface area contributed by atoms with E-state index in [-0.39, 0.29) is 11.9 Å². The number of carbonyl (C=O) groups is 1. The summed E-state index contributed by atoms with van der Waals surface area (Å²) in [5.41, 5.74) is 6.47. The van der Waals surface area contributed by atoms with E-state index >= 15 is 0 Å². The van der Waals surface area contributed by atoms with Crippen molar-refractivity contribution in [1.82, 2.24) is 14.9 Å². The zero-order chi connectivity index (χ0) is 16.9. The molecule has 0 spiro atoms. The maximum atomic E-state index is 12.9. The maximum absolute atomic E-state index is 12.9. The molecule has 1 aromatic carbocycles. The minimum atomic E-state index is 0.00180. The second kappa shape index (κ2) is 7.40. The van der Waals surface area contributed by atoms with Crippen LogP contribution >= 0.6 is 0 Å². The van der Waals surface area contributed by atoms with Gasteiger partial charge in [0.1, 0.15) is 5.75 Å². The SMILES string of the molecule is CC1CCN(C(=O)c2cccc(Oc3cnccn3)c2)C(CN)C1. The minimum absolute atomic E-state index is 0.00180. The molecule has 0 bridgehead atoms. The zero-order valence-corrected chi connectivity index (χ0v) is 13.8. The molecule has 0 radical (unpaired) electrons. The van der Waals surface area contributed by atoms with Gasteiger partial charge >= 0.3 is 0 Å². The average molecular weight is 326 g/mol. The Morgan fingerprint density at radius 2 is 2.29 bits per heavy atom. The van der Waals surface area contributed by atoms with Crippen LogP contribution in [0.3, 0.4) is 0 Å². The Bertz CT molecular complexity index is 692. The van der Waals surface area contributed by atoms with Crippen molar-refractivity contribution in [3.05, 3.63) is 48.4 Å². The fraction of sp³-hybridized carbons (Fsp3) is 0.389. The highest BCUT2D eigenvalue weighted by atomic mass is 16.5. The first-order valence-electron chi connectivity index (χ1n) is 8.22. The van der Waals surface area contributed by atoms with Crippen LogP contribution in [0.25, 0.3) is 0 Å². The van der Waals surface area contributed by atoms with Gasteiger partial charge in [-0.3, -0.25) is 9.78 Å². The summed E-state index contributed by atoms with van der Waals surface area (Å²) in [5, 5.41) is 0. The van der Waals surface area contributed by atoms with E-state index in [9.17, 15) is 4.79 Å². The average Bonchev–Trinajstić information content (AvgIpc) is 2.62. The molecule has 1 fully saturated rings. The second-order valence-electron chi connectivity index (χ2n) is 6.19. The number of benzene rings is 1. The highest BCUT2D eigenvalue weighted by Crippen LogP contribution is 2.25. The molecule has 2 N–H and O–H groups in total. The number of likely N-dealkylation sites (tertiary alicyclic amines) is 1. The van der Waals surface area contributed by atoms with Crippen molar-refractivity contribution in [2.24, 2.45) is 11.7 Å². The van der Waals surface area contributed by atoms with Gasteiger partial charge in [-0.25, -0.2) is 4.98 Å². The number of hydrogen-bond acceptors (Lipinski definition) is 5. The first-order valence-corrected chi connectivity index (χ1v) is 8.22. The van der Waals surface area contributed by atoms with Crippen LogP contribution in [0.1, 0.15) is 30.1 Å². The summed E-state index contributed by atoms with van der Waals surface area (Å²) in [6, 6.07) is 7.25. The van der Waals surface area contributed by atoms with Crippen LogP contribution in [0.2, 0.25) is 0 Å².